The van der Waals surface area contributed by atoms with Gasteiger partial charge < -0.3 is 15.0 Å². The molecule has 0 saturated carbocycles. The number of nitrogens with two attached hydrogens (primary N) is 1. The number of nitrogens with zero attached hydrogens (tertiary/aromatic N) is 2. The van der Waals surface area contributed by atoms with Gasteiger partial charge in [-0.25, -0.2) is 0 Å². The Kier molecular flexibility index (Phi) is 4.22. The second-order valence-electron chi connectivity index (χ2n) is 4.35. The zero-order chi connectivity index (χ0) is 13.7. The SMILES string of the molecule is COCCn1c(C#N)cc(N)c1Cc1ccccc1. The molecule has 0 fully saturated rings. The molecule has 1 aromatic heterocycles. The second kappa shape index (κ2) is 6.07. The summed E-state index contributed by atoms with van der Waals surface area (Å²) in [4.78, 5) is 0. The molecule has 0 aliphatic carbocycles. The van der Waals surface area contributed by atoms with Crippen molar-refractivity contribution in [1.82, 2.24) is 4.57 Å². The van der Waals surface area contributed by atoms with Crippen LogP contribution < -0.4 is 5.73 Å². The highest BCUT2D eigenvalue weighted by Gasteiger charge is 2.13. The highest BCUT2D eigenvalue weighted by Crippen LogP contribution is 2.21. The summed E-state index contributed by atoms with van der Waals surface area (Å²) in [7, 11) is 1.65. The van der Waals surface area contributed by atoms with E-state index < -0.39 is 0 Å². The molecule has 1 heterocycles. The van der Waals surface area contributed by atoms with Gasteiger partial charge in [0.15, 0.2) is 0 Å². The molecule has 0 aliphatic rings. The lowest BCUT2D eigenvalue weighted by atomic mass is 10.1. The number of nitrogen functional groups attached to an aromatic ring is 1. The summed E-state index contributed by atoms with van der Waals surface area (Å²) < 4.78 is 7.03. The highest BCUT2D eigenvalue weighted by molar-refractivity contribution is 5.52. The lowest BCUT2D eigenvalue weighted by Gasteiger charge is -2.11. The van der Waals surface area contributed by atoms with Crippen LogP contribution in [0.2, 0.25) is 0 Å². The Balaban J connectivity index is 2.33. The maximum atomic E-state index is 9.15. The predicted octanol–water partition coefficient (Wildman–Crippen LogP) is 2.18. The lowest BCUT2D eigenvalue weighted by molar-refractivity contribution is 0.186. The van der Waals surface area contributed by atoms with Crippen LogP contribution in [0.4, 0.5) is 5.69 Å². The van der Waals surface area contributed by atoms with Crippen molar-refractivity contribution in [3.8, 4) is 6.07 Å². The van der Waals surface area contributed by atoms with Gasteiger partial charge in [0.1, 0.15) is 11.8 Å². The minimum absolute atomic E-state index is 0.560. The monoisotopic (exact) mass is 255 g/mol. The molecule has 2 rings (SSSR count). The van der Waals surface area contributed by atoms with E-state index in [1.54, 1.807) is 13.2 Å². The molecular weight excluding hydrogens is 238 g/mol. The third-order valence-corrected chi connectivity index (χ3v) is 3.09. The van der Waals surface area contributed by atoms with Gasteiger partial charge in [0.05, 0.1) is 12.3 Å². The van der Waals surface area contributed by atoms with E-state index in [-0.39, 0.29) is 0 Å². The van der Waals surface area contributed by atoms with Crippen molar-refractivity contribution in [3.63, 3.8) is 0 Å². The van der Waals surface area contributed by atoms with E-state index in [2.05, 4.69) is 18.2 Å². The van der Waals surface area contributed by atoms with Crippen molar-refractivity contribution < 1.29 is 4.74 Å². The number of hydrogen-bond donors (Lipinski definition) is 1. The molecule has 4 heteroatoms. The van der Waals surface area contributed by atoms with Crippen molar-refractivity contribution in [2.75, 3.05) is 19.5 Å². The summed E-state index contributed by atoms with van der Waals surface area (Å²) >= 11 is 0. The van der Waals surface area contributed by atoms with Crippen LogP contribution in [0, 0.1) is 11.3 Å². The molecule has 0 bridgehead atoms. The predicted molar refractivity (Wildman–Crippen MR) is 74.7 cm³/mol. The number of nitriles is 1. The standard InChI is InChI=1S/C15H17N3O/c1-19-8-7-18-13(11-16)10-14(17)15(18)9-12-5-3-2-4-6-12/h2-6,10H,7-9,17H2,1H3. The Morgan fingerprint density at radius 3 is 2.68 bits per heavy atom. The van der Waals surface area contributed by atoms with Crippen molar-refractivity contribution in [3.05, 3.63) is 53.3 Å². The van der Waals surface area contributed by atoms with Crippen LogP contribution >= 0.6 is 0 Å². The molecule has 0 amide bonds. The molecule has 0 spiro atoms. The molecule has 0 unspecified atom stereocenters. The van der Waals surface area contributed by atoms with Gasteiger partial charge in [-0.15, -0.1) is 0 Å². The summed E-state index contributed by atoms with van der Waals surface area (Å²) in [5.74, 6) is 0. The topological polar surface area (TPSA) is 64.0 Å². The second-order valence-corrected chi connectivity index (χ2v) is 4.35. The smallest absolute Gasteiger partial charge is 0.122 e. The van der Waals surface area contributed by atoms with E-state index in [1.165, 1.54) is 5.56 Å². The molecule has 1 aromatic carbocycles. The third kappa shape index (κ3) is 2.95. The fourth-order valence-electron chi connectivity index (χ4n) is 2.13. The summed E-state index contributed by atoms with van der Waals surface area (Å²) in [6.07, 6.45) is 0.720. The molecule has 0 radical (unpaired) electrons. The summed E-state index contributed by atoms with van der Waals surface area (Å²) in [5, 5.41) is 9.15. The Morgan fingerprint density at radius 1 is 1.32 bits per heavy atom. The van der Waals surface area contributed by atoms with Crippen molar-refractivity contribution in [1.29, 1.82) is 5.26 Å². The quantitative estimate of drug-likeness (QED) is 0.890. The van der Waals surface area contributed by atoms with Gasteiger partial charge in [0, 0.05) is 25.8 Å². The largest absolute Gasteiger partial charge is 0.397 e. The van der Waals surface area contributed by atoms with Crippen molar-refractivity contribution in [2.45, 2.75) is 13.0 Å². The molecule has 4 nitrogen and oxygen atoms in total. The zero-order valence-corrected chi connectivity index (χ0v) is 11.0. The molecular formula is C15H17N3O. The summed E-state index contributed by atoms with van der Waals surface area (Å²) in [5.41, 5.74) is 9.42. The van der Waals surface area contributed by atoms with Gasteiger partial charge in [-0.05, 0) is 11.6 Å². The van der Waals surface area contributed by atoms with Gasteiger partial charge in [-0.2, -0.15) is 5.26 Å². The number of aromatic nitrogens is 1. The van der Waals surface area contributed by atoms with E-state index in [4.69, 9.17) is 15.7 Å². The van der Waals surface area contributed by atoms with Gasteiger partial charge >= 0.3 is 0 Å². The van der Waals surface area contributed by atoms with Crippen molar-refractivity contribution >= 4 is 5.69 Å². The minimum atomic E-state index is 0.560. The van der Waals surface area contributed by atoms with E-state index >= 15 is 0 Å². The van der Waals surface area contributed by atoms with E-state index in [0.717, 1.165) is 12.1 Å². The number of hydrogen-bond acceptors (Lipinski definition) is 3. The van der Waals surface area contributed by atoms with Gasteiger partial charge in [0.2, 0.25) is 0 Å². The number of ether oxygens (including phenoxy) is 1. The van der Waals surface area contributed by atoms with E-state index in [9.17, 15) is 0 Å². The Bertz CT molecular complexity index is 581. The number of rotatable bonds is 5. The molecule has 19 heavy (non-hydrogen) atoms. The Hall–Kier alpha value is -2.25. The first-order valence-electron chi connectivity index (χ1n) is 6.17. The molecule has 0 aliphatic heterocycles. The average molecular weight is 255 g/mol. The van der Waals surface area contributed by atoms with Crippen LogP contribution in [0.15, 0.2) is 36.4 Å². The van der Waals surface area contributed by atoms with Crippen LogP contribution in [-0.4, -0.2) is 18.3 Å². The molecule has 0 saturated heterocycles. The van der Waals surface area contributed by atoms with E-state index in [1.807, 2.05) is 22.8 Å². The fraction of sp³-hybridized carbons (Fsp3) is 0.267. The van der Waals surface area contributed by atoms with Gasteiger partial charge in [0.25, 0.3) is 0 Å². The highest BCUT2D eigenvalue weighted by atomic mass is 16.5. The van der Waals surface area contributed by atoms with Gasteiger partial charge in [-0.3, -0.25) is 0 Å². The first-order valence-corrected chi connectivity index (χ1v) is 6.17. The van der Waals surface area contributed by atoms with Gasteiger partial charge in [-0.1, -0.05) is 30.3 Å². The van der Waals surface area contributed by atoms with Crippen LogP contribution in [0.3, 0.4) is 0 Å². The summed E-state index contributed by atoms with van der Waals surface area (Å²) in [6.45, 7) is 1.20. The maximum absolute atomic E-state index is 9.15. The zero-order valence-electron chi connectivity index (χ0n) is 11.0. The molecule has 2 aromatic rings. The number of methoxy groups -OCH3 is 1. The van der Waals surface area contributed by atoms with Crippen LogP contribution in [-0.2, 0) is 17.7 Å². The Labute approximate surface area is 113 Å². The molecule has 2 N–H and O–H groups in total. The maximum Gasteiger partial charge on any atom is 0.122 e. The lowest BCUT2D eigenvalue weighted by Crippen LogP contribution is -2.11. The summed E-state index contributed by atoms with van der Waals surface area (Å²) in [6, 6.07) is 14.0. The Morgan fingerprint density at radius 2 is 2.05 bits per heavy atom. The number of anilines is 1. The van der Waals surface area contributed by atoms with Crippen LogP contribution in [0.25, 0.3) is 0 Å². The van der Waals surface area contributed by atoms with Crippen LogP contribution in [0.5, 0.6) is 0 Å². The average Bonchev–Trinajstić information content (AvgIpc) is 2.74. The van der Waals surface area contributed by atoms with Crippen LogP contribution in [0.1, 0.15) is 17.0 Å². The normalized spacial score (nSPS) is 10.3. The molecule has 98 valence electrons. The first kappa shape index (κ1) is 13.2. The number of benzene rings is 1. The van der Waals surface area contributed by atoms with E-state index in [0.29, 0.717) is 24.5 Å². The minimum Gasteiger partial charge on any atom is -0.397 e. The third-order valence-electron chi connectivity index (χ3n) is 3.09. The fourth-order valence-corrected chi connectivity index (χ4v) is 2.13. The first-order chi connectivity index (χ1) is 9.26. The molecule has 0 atom stereocenters. The van der Waals surface area contributed by atoms with Crippen molar-refractivity contribution in [2.24, 2.45) is 0 Å².